The van der Waals surface area contributed by atoms with Crippen molar-refractivity contribution in [2.75, 3.05) is 13.2 Å². The Balaban J connectivity index is 1.67. The Hall–Kier alpha value is -1.62. The van der Waals surface area contributed by atoms with Gasteiger partial charge in [-0.2, -0.15) is 0 Å². The zero-order valence-electron chi connectivity index (χ0n) is 15.7. The summed E-state index contributed by atoms with van der Waals surface area (Å²) in [6.07, 6.45) is 6.01. The van der Waals surface area contributed by atoms with Crippen LogP contribution in [0.15, 0.2) is 60.7 Å². The van der Waals surface area contributed by atoms with E-state index in [4.69, 9.17) is 4.65 Å². The molecule has 0 aliphatic carbocycles. The Morgan fingerprint density at radius 1 is 1.08 bits per heavy atom. The normalized spacial score (nSPS) is 22.8. The van der Waals surface area contributed by atoms with E-state index in [1.165, 1.54) is 36.8 Å². The second-order valence-corrected chi connectivity index (χ2v) is 7.58. The first-order valence-corrected chi connectivity index (χ1v) is 10.1. The summed E-state index contributed by atoms with van der Waals surface area (Å²) in [5.74, 6) is 0. The Bertz CT molecular complexity index is 654. The van der Waals surface area contributed by atoms with Crippen LogP contribution in [-0.4, -0.2) is 31.2 Å². The van der Waals surface area contributed by atoms with E-state index in [1.807, 2.05) is 0 Å². The summed E-state index contributed by atoms with van der Waals surface area (Å²) in [6.45, 7) is 4.13. The van der Waals surface area contributed by atoms with Crippen LogP contribution in [0.25, 0.3) is 0 Å². The summed E-state index contributed by atoms with van der Waals surface area (Å²) in [7, 11) is -0.000214. The topological polar surface area (TPSA) is 24.5 Å². The maximum atomic E-state index is 6.26. The number of benzene rings is 2. The lowest BCUT2D eigenvalue weighted by atomic mass is 9.76. The molecule has 0 amide bonds. The molecule has 1 N–H and O–H groups in total. The molecule has 1 unspecified atom stereocenters. The van der Waals surface area contributed by atoms with E-state index in [-0.39, 0.29) is 12.7 Å². The fraction of sp³-hybridized carbons (Fsp3) is 0.455. The summed E-state index contributed by atoms with van der Waals surface area (Å²) in [5.41, 5.74) is 2.62. The number of nitrogens with zero attached hydrogens (tertiary/aromatic N) is 1. The van der Waals surface area contributed by atoms with Crippen LogP contribution >= 0.6 is 0 Å². The van der Waals surface area contributed by atoms with Gasteiger partial charge < -0.3 is 9.88 Å². The molecule has 2 saturated heterocycles. The highest BCUT2D eigenvalue weighted by Gasteiger charge is 2.51. The number of hydrogen-bond donors (Lipinski definition) is 1. The lowest BCUT2D eigenvalue weighted by Gasteiger charge is -2.41. The van der Waals surface area contributed by atoms with E-state index in [1.54, 1.807) is 0 Å². The number of hydrogen-bond acceptors (Lipinski definition) is 3. The van der Waals surface area contributed by atoms with Crippen molar-refractivity contribution in [3.8, 4) is 0 Å². The molecule has 136 valence electrons. The van der Waals surface area contributed by atoms with Crippen LogP contribution < -0.4 is 5.23 Å². The van der Waals surface area contributed by atoms with Gasteiger partial charge in [0.15, 0.2) is 0 Å². The zero-order valence-corrected chi connectivity index (χ0v) is 15.7. The minimum absolute atomic E-state index is 0.000214. The van der Waals surface area contributed by atoms with E-state index >= 15 is 0 Å². The van der Waals surface area contributed by atoms with Crippen LogP contribution in [0.3, 0.4) is 0 Å². The molecule has 0 aromatic heterocycles. The highest BCUT2D eigenvalue weighted by Crippen LogP contribution is 2.45. The summed E-state index contributed by atoms with van der Waals surface area (Å²) in [4.78, 5) is 2.56. The van der Waals surface area contributed by atoms with Gasteiger partial charge in [-0.05, 0) is 36.9 Å². The molecule has 4 rings (SSSR count). The average Bonchev–Trinajstić information content (AvgIpc) is 3.35. The van der Waals surface area contributed by atoms with E-state index in [0.717, 1.165) is 19.6 Å². The molecule has 26 heavy (non-hydrogen) atoms. The van der Waals surface area contributed by atoms with Gasteiger partial charge in [-0.25, -0.2) is 0 Å². The zero-order chi connectivity index (χ0) is 17.8. The highest BCUT2D eigenvalue weighted by molar-refractivity contribution is 6.46. The van der Waals surface area contributed by atoms with Crippen LogP contribution in [0.4, 0.5) is 0 Å². The summed E-state index contributed by atoms with van der Waals surface area (Å²) in [5, 5.41) is 3.77. The second kappa shape index (κ2) is 7.95. The van der Waals surface area contributed by atoms with E-state index in [0.29, 0.717) is 6.04 Å². The number of rotatable bonds is 6. The molecule has 2 heterocycles. The quantitative estimate of drug-likeness (QED) is 0.793. The van der Waals surface area contributed by atoms with Gasteiger partial charge in [0.05, 0.1) is 5.54 Å². The lowest BCUT2D eigenvalue weighted by Crippen LogP contribution is -2.57. The molecule has 0 bridgehead atoms. The molecule has 0 saturated carbocycles. The molecule has 0 radical (unpaired) electrons. The predicted octanol–water partition coefficient (Wildman–Crippen LogP) is 4.19. The molecule has 2 aliphatic heterocycles. The first kappa shape index (κ1) is 17.8. The van der Waals surface area contributed by atoms with Gasteiger partial charge in [0, 0.05) is 12.6 Å². The van der Waals surface area contributed by atoms with Crippen molar-refractivity contribution in [3.63, 3.8) is 0 Å². The monoisotopic (exact) mass is 348 g/mol. The number of nitrogens with one attached hydrogen (secondary N) is 1. The van der Waals surface area contributed by atoms with E-state index in [9.17, 15) is 0 Å². The third kappa shape index (κ3) is 3.22. The van der Waals surface area contributed by atoms with Crippen molar-refractivity contribution in [3.05, 3.63) is 71.8 Å². The molecule has 1 atom stereocenters. The fourth-order valence-electron chi connectivity index (χ4n) is 4.67. The van der Waals surface area contributed by atoms with Gasteiger partial charge >= 0.3 is 7.19 Å². The summed E-state index contributed by atoms with van der Waals surface area (Å²) >= 11 is 0. The van der Waals surface area contributed by atoms with Crippen LogP contribution in [0.2, 0.25) is 0 Å². The smallest absolute Gasteiger partial charge is 0.406 e. The van der Waals surface area contributed by atoms with Gasteiger partial charge in [0.25, 0.3) is 0 Å². The fourth-order valence-corrected chi connectivity index (χ4v) is 4.67. The molecule has 3 nitrogen and oxygen atoms in total. The van der Waals surface area contributed by atoms with Crippen LogP contribution in [-0.2, 0) is 10.2 Å². The van der Waals surface area contributed by atoms with Gasteiger partial charge in [0.2, 0.25) is 0 Å². The molecule has 2 fully saturated rings. The maximum absolute atomic E-state index is 6.26. The summed E-state index contributed by atoms with van der Waals surface area (Å²) < 4.78 is 6.26. The molecular formula is C22H29BN2O. The Morgan fingerprint density at radius 3 is 2.35 bits per heavy atom. The lowest BCUT2D eigenvalue weighted by molar-refractivity contribution is 0.230. The van der Waals surface area contributed by atoms with Crippen molar-refractivity contribution < 1.29 is 4.65 Å². The van der Waals surface area contributed by atoms with Crippen molar-refractivity contribution in [1.29, 1.82) is 0 Å². The van der Waals surface area contributed by atoms with Crippen molar-refractivity contribution in [1.82, 2.24) is 10.0 Å². The van der Waals surface area contributed by atoms with Crippen LogP contribution in [0, 0.1) is 0 Å². The van der Waals surface area contributed by atoms with Gasteiger partial charge in [-0.15, -0.1) is 0 Å². The van der Waals surface area contributed by atoms with Crippen molar-refractivity contribution in [2.45, 2.75) is 50.6 Å². The average molecular weight is 348 g/mol. The third-order valence-electron chi connectivity index (χ3n) is 5.95. The summed E-state index contributed by atoms with van der Waals surface area (Å²) in [6, 6.07) is 22.4. The minimum atomic E-state index is -0.111. The van der Waals surface area contributed by atoms with Gasteiger partial charge in [-0.1, -0.05) is 80.4 Å². The molecule has 0 spiro atoms. The van der Waals surface area contributed by atoms with Gasteiger partial charge in [0.1, 0.15) is 0 Å². The Labute approximate surface area is 157 Å². The van der Waals surface area contributed by atoms with E-state index in [2.05, 4.69) is 77.6 Å². The number of unbranched alkanes of at least 4 members (excludes halogenated alkanes) is 1. The van der Waals surface area contributed by atoms with Crippen LogP contribution in [0.1, 0.15) is 50.2 Å². The third-order valence-corrected chi connectivity index (χ3v) is 5.95. The maximum Gasteiger partial charge on any atom is 0.477 e. The molecule has 2 aliphatic rings. The molecule has 4 heteroatoms. The Kier molecular flexibility index (Phi) is 5.44. The molecule has 2 aromatic carbocycles. The van der Waals surface area contributed by atoms with Crippen molar-refractivity contribution in [2.24, 2.45) is 0 Å². The first-order valence-electron chi connectivity index (χ1n) is 10.1. The first-order chi connectivity index (χ1) is 12.8. The predicted molar refractivity (Wildman–Crippen MR) is 108 cm³/mol. The second-order valence-electron chi connectivity index (χ2n) is 7.58. The van der Waals surface area contributed by atoms with Crippen LogP contribution in [0.5, 0.6) is 0 Å². The standard InChI is InChI=1S/C22H29BN2O/c1-2-3-15-21-18-26-23(24-21)25-17-10-16-22(25,19-11-6-4-7-12-19)20-13-8-5-9-14-20/h4-9,11-14,21,24H,2-3,10,15-18H2,1H3. The van der Waals surface area contributed by atoms with E-state index < -0.39 is 0 Å². The Morgan fingerprint density at radius 2 is 1.73 bits per heavy atom. The minimum Gasteiger partial charge on any atom is -0.406 e. The largest absolute Gasteiger partial charge is 0.477 e. The van der Waals surface area contributed by atoms with Gasteiger partial charge in [-0.3, -0.25) is 4.81 Å². The SMILES string of the molecule is CCCCC1COB(N2CCCC2(c2ccccc2)c2ccccc2)N1. The molecule has 2 aromatic rings. The van der Waals surface area contributed by atoms with Crippen molar-refractivity contribution >= 4 is 7.19 Å². The highest BCUT2D eigenvalue weighted by atomic mass is 16.5. The molecular weight excluding hydrogens is 319 g/mol.